The van der Waals surface area contributed by atoms with Crippen LogP contribution in [-0.2, 0) is 4.79 Å². The molecule has 0 saturated carbocycles. The largest absolute Gasteiger partial charge is 0.406 e. The van der Waals surface area contributed by atoms with Crippen molar-refractivity contribution < 1.29 is 18.0 Å². The minimum absolute atomic E-state index is 0.458. The third-order valence-corrected chi connectivity index (χ3v) is 4.26. The van der Waals surface area contributed by atoms with Gasteiger partial charge in [-0.3, -0.25) is 10.1 Å². The molecule has 1 saturated heterocycles. The van der Waals surface area contributed by atoms with Crippen molar-refractivity contribution in [1.82, 2.24) is 10.2 Å². The summed E-state index contributed by atoms with van der Waals surface area (Å²) in [4.78, 5) is 14.8. The molecule has 1 aliphatic heterocycles. The number of aryl methyl sites for hydroxylation is 1. The molecule has 1 N–H and O–H groups in total. The number of hydrogen-bond donors (Lipinski definition) is 1. The molecule has 7 heteroatoms. The zero-order valence-electron chi connectivity index (χ0n) is 11.3. The Morgan fingerprint density at radius 3 is 2.60 bits per heavy atom. The van der Waals surface area contributed by atoms with Crippen molar-refractivity contribution in [2.75, 3.05) is 6.54 Å². The lowest BCUT2D eigenvalue weighted by atomic mass is 10.2. The van der Waals surface area contributed by atoms with Crippen LogP contribution in [0.15, 0.2) is 12.1 Å². The maximum absolute atomic E-state index is 12.7. The summed E-state index contributed by atoms with van der Waals surface area (Å²) >= 11 is 1.41. The molecular formula is C13H17F3N2OS. The number of carbonyl (C=O) groups excluding carboxylic acids is 1. The first-order valence-electron chi connectivity index (χ1n) is 6.51. The first-order valence-corrected chi connectivity index (χ1v) is 7.33. The number of nitrogens with one attached hydrogen (secondary N) is 1. The maximum atomic E-state index is 12.7. The van der Waals surface area contributed by atoms with Gasteiger partial charge in [0.2, 0.25) is 5.91 Å². The predicted molar refractivity (Wildman–Crippen MR) is 71.4 cm³/mol. The van der Waals surface area contributed by atoms with Crippen LogP contribution >= 0.6 is 11.3 Å². The van der Waals surface area contributed by atoms with E-state index < -0.39 is 30.8 Å². The van der Waals surface area contributed by atoms with E-state index in [0.29, 0.717) is 6.42 Å². The van der Waals surface area contributed by atoms with E-state index in [9.17, 15) is 18.0 Å². The van der Waals surface area contributed by atoms with Crippen LogP contribution in [0.25, 0.3) is 0 Å². The highest BCUT2D eigenvalue weighted by Gasteiger charge is 2.44. The SMILES string of the molecule is CCCC1NC(c2ccc(C)s2)N(CC(F)(F)F)C1=O. The Balaban J connectivity index is 2.24. The van der Waals surface area contributed by atoms with E-state index >= 15 is 0 Å². The van der Waals surface area contributed by atoms with Crippen molar-refractivity contribution in [3.05, 3.63) is 21.9 Å². The zero-order chi connectivity index (χ0) is 14.9. The molecule has 1 fully saturated rings. The van der Waals surface area contributed by atoms with Gasteiger partial charge < -0.3 is 4.90 Å². The van der Waals surface area contributed by atoms with Gasteiger partial charge in [0, 0.05) is 9.75 Å². The number of amides is 1. The lowest BCUT2D eigenvalue weighted by Crippen LogP contribution is -2.38. The molecule has 2 unspecified atom stereocenters. The number of halogens is 3. The van der Waals surface area contributed by atoms with Crippen molar-refractivity contribution in [2.45, 2.75) is 45.1 Å². The molecule has 0 aliphatic carbocycles. The molecule has 2 atom stereocenters. The smallest absolute Gasteiger partial charge is 0.312 e. The number of thiophene rings is 1. The maximum Gasteiger partial charge on any atom is 0.406 e. The van der Waals surface area contributed by atoms with E-state index in [1.807, 2.05) is 19.9 Å². The molecule has 2 heterocycles. The summed E-state index contributed by atoms with van der Waals surface area (Å²) < 4.78 is 38.0. The van der Waals surface area contributed by atoms with Gasteiger partial charge in [0.1, 0.15) is 12.7 Å². The number of alkyl halides is 3. The first kappa shape index (κ1) is 15.3. The van der Waals surface area contributed by atoms with Gasteiger partial charge >= 0.3 is 6.18 Å². The monoisotopic (exact) mass is 306 g/mol. The topological polar surface area (TPSA) is 32.3 Å². The van der Waals surface area contributed by atoms with Crippen molar-refractivity contribution in [3.63, 3.8) is 0 Å². The molecule has 1 aromatic heterocycles. The van der Waals surface area contributed by atoms with Crippen LogP contribution in [0.1, 0.15) is 35.7 Å². The zero-order valence-corrected chi connectivity index (χ0v) is 12.1. The molecule has 0 aromatic carbocycles. The minimum Gasteiger partial charge on any atom is -0.312 e. The molecule has 1 amide bonds. The Morgan fingerprint density at radius 2 is 2.10 bits per heavy atom. The molecule has 20 heavy (non-hydrogen) atoms. The van der Waals surface area contributed by atoms with Crippen LogP contribution in [0.3, 0.4) is 0 Å². The van der Waals surface area contributed by atoms with E-state index in [0.717, 1.165) is 21.1 Å². The summed E-state index contributed by atoms with van der Waals surface area (Å²) in [5, 5.41) is 3.03. The van der Waals surface area contributed by atoms with Gasteiger partial charge in [0.25, 0.3) is 0 Å². The predicted octanol–water partition coefficient (Wildman–Crippen LogP) is 3.22. The highest BCUT2D eigenvalue weighted by molar-refractivity contribution is 7.12. The first-order chi connectivity index (χ1) is 9.31. The summed E-state index contributed by atoms with van der Waals surface area (Å²) in [7, 11) is 0. The summed E-state index contributed by atoms with van der Waals surface area (Å²) in [5.41, 5.74) is 0. The van der Waals surface area contributed by atoms with Crippen molar-refractivity contribution in [1.29, 1.82) is 0 Å². The van der Waals surface area contributed by atoms with E-state index in [1.165, 1.54) is 11.3 Å². The second-order valence-electron chi connectivity index (χ2n) is 4.94. The summed E-state index contributed by atoms with van der Waals surface area (Å²) in [5.74, 6) is -0.458. The minimum atomic E-state index is -4.39. The summed E-state index contributed by atoms with van der Waals surface area (Å²) in [6, 6.07) is 3.11. The van der Waals surface area contributed by atoms with Crippen LogP contribution in [0, 0.1) is 6.92 Å². The average molecular weight is 306 g/mol. The fourth-order valence-corrected chi connectivity index (χ4v) is 3.32. The lowest BCUT2D eigenvalue weighted by Gasteiger charge is -2.24. The van der Waals surface area contributed by atoms with Gasteiger partial charge in [0.05, 0.1) is 6.04 Å². The molecule has 2 rings (SSSR count). The number of nitrogens with zero attached hydrogens (tertiary/aromatic N) is 1. The second kappa shape index (κ2) is 5.73. The molecule has 112 valence electrons. The van der Waals surface area contributed by atoms with Crippen LogP contribution < -0.4 is 5.32 Å². The Labute approximate surface area is 119 Å². The van der Waals surface area contributed by atoms with Crippen molar-refractivity contribution >= 4 is 17.2 Å². The number of carbonyl (C=O) groups is 1. The van der Waals surface area contributed by atoms with Crippen LogP contribution in [0.2, 0.25) is 0 Å². The molecule has 0 radical (unpaired) electrons. The fourth-order valence-electron chi connectivity index (χ4n) is 2.37. The van der Waals surface area contributed by atoms with Gasteiger partial charge in [-0.05, 0) is 25.5 Å². The van der Waals surface area contributed by atoms with Crippen molar-refractivity contribution in [2.24, 2.45) is 0 Å². The van der Waals surface area contributed by atoms with Gasteiger partial charge in [-0.1, -0.05) is 13.3 Å². The second-order valence-corrected chi connectivity index (χ2v) is 6.26. The highest BCUT2D eigenvalue weighted by atomic mass is 32.1. The third-order valence-electron chi connectivity index (χ3n) is 3.21. The summed E-state index contributed by atoms with van der Waals surface area (Å²) in [6.07, 6.45) is -3.75. The molecule has 1 aliphatic rings. The molecule has 3 nitrogen and oxygen atoms in total. The average Bonchev–Trinajstić information content (AvgIpc) is 2.86. The van der Waals surface area contributed by atoms with Gasteiger partial charge in [-0.2, -0.15) is 13.2 Å². The Morgan fingerprint density at radius 1 is 1.40 bits per heavy atom. The normalized spacial score (nSPS) is 23.6. The highest BCUT2D eigenvalue weighted by Crippen LogP contribution is 2.33. The standard InChI is InChI=1S/C13H17F3N2OS/c1-3-4-9-12(19)18(7-13(14,15)16)11(17-9)10-6-5-8(2)20-10/h5-6,9,11,17H,3-4,7H2,1-2H3. The summed E-state index contributed by atoms with van der Waals surface area (Å²) in [6.45, 7) is 2.59. The number of rotatable bonds is 4. The third kappa shape index (κ3) is 3.32. The quantitative estimate of drug-likeness (QED) is 0.926. The van der Waals surface area contributed by atoms with Crippen LogP contribution in [0.4, 0.5) is 13.2 Å². The molecule has 0 bridgehead atoms. The van der Waals surface area contributed by atoms with E-state index in [2.05, 4.69) is 5.32 Å². The molecular weight excluding hydrogens is 289 g/mol. The van der Waals surface area contributed by atoms with Crippen LogP contribution in [0.5, 0.6) is 0 Å². The van der Waals surface area contributed by atoms with E-state index in [-0.39, 0.29) is 0 Å². The van der Waals surface area contributed by atoms with E-state index in [1.54, 1.807) is 6.07 Å². The lowest BCUT2D eigenvalue weighted by molar-refractivity contribution is -0.161. The van der Waals surface area contributed by atoms with Crippen molar-refractivity contribution in [3.8, 4) is 0 Å². The fraction of sp³-hybridized carbons (Fsp3) is 0.615. The Hall–Kier alpha value is -1.08. The Bertz CT molecular complexity index is 486. The molecule has 1 aromatic rings. The van der Waals surface area contributed by atoms with Gasteiger partial charge in [0.15, 0.2) is 0 Å². The van der Waals surface area contributed by atoms with Gasteiger partial charge in [-0.15, -0.1) is 11.3 Å². The Kier molecular flexibility index (Phi) is 4.39. The van der Waals surface area contributed by atoms with Gasteiger partial charge in [-0.25, -0.2) is 0 Å². The number of hydrogen-bond acceptors (Lipinski definition) is 3. The molecule has 0 spiro atoms. The van der Waals surface area contributed by atoms with E-state index in [4.69, 9.17) is 0 Å². The van der Waals surface area contributed by atoms with Crippen LogP contribution in [-0.4, -0.2) is 29.6 Å².